The lowest BCUT2D eigenvalue weighted by Gasteiger charge is -2.37. The van der Waals surface area contributed by atoms with E-state index >= 15 is 0 Å². The van der Waals surface area contributed by atoms with Gasteiger partial charge in [0.25, 0.3) is 0 Å². The van der Waals surface area contributed by atoms with Crippen LogP contribution in [0.4, 0.5) is 0 Å². The maximum Gasteiger partial charge on any atom is 0.236 e. The third kappa shape index (κ3) is 3.19. The van der Waals surface area contributed by atoms with Crippen molar-refractivity contribution >= 4 is 22.7 Å². The Morgan fingerprint density at radius 2 is 2.09 bits per heavy atom. The van der Waals surface area contributed by atoms with Crippen LogP contribution in [0.5, 0.6) is 0 Å². The molecular formula is C16H21N5O2. The van der Waals surface area contributed by atoms with Gasteiger partial charge >= 0.3 is 0 Å². The number of hydrogen-bond acceptors (Lipinski definition) is 4. The second-order valence-corrected chi connectivity index (χ2v) is 5.92. The Morgan fingerprint density at radius 1 is 1.30 bits per heavy atom. The number of hydrogen-bond donors (Lipinski definition) is 1. The summed E-state index contributed by atoms with van der Waals surface area (Å²) in [5.74, 6) is -0.355. The van der Waals surface area contributed by atoms with Gasteiger partial charge in [0.15, 0.2) is 0 Å². The molecular weight excluding hydrogens is 294 g/mol. The van der Waals surface area contributed by atoms with Gasteiger partial charge in [0, 0.05) is 31.4 Å². The van der Waals surface area contributed by atoms with E-state index in [0.29, 0.717) is 32.6 Å². The van der Waals surface area contributed by atoms with E-state index in [1.54, 1.807) is 11.1 Å². The Kier molecular flexibility index (Phi) is 4.29. The molecule has 2 N–H and O–H groups in total. The van der Waals surface area contributed by atoms with E-state index in [1.165, 1.54) is 0 Å². The van der Waals surface area contributed by atoms with Gasteiger partial charge in [0.2, 0.25) is 11.8 Å². The molecule has 1 aromatic heterocycles. The van der Waals surface area contributed by atoms with Gasteiger partial charge in [-0.1, -0.05) is 18.2 Å². The summed E-state index contributed by atoms with van der Waals surface area (Å²) in [5.41, 5.74) is 6.42. The summed E-state index contributed by atoms with van der Waals surface area (Å²) < 4.78 is 1.84. The summed E-state index contributed by atoms with van der Waals surface area (Å²) in [5, 5.41) is 5.39. The number of nitrogens with zero attached hydrogens (tertiary/aromatic N) is 4. The molecule has 122 valence electrons. The van der Waals surface area contributed by atoms with Crippen molar-refractivity contribution in [3.8, 4) is 0 Å². The van der Waals surface area contributed by atoms with Gasteiger partial charge in [-0.05, 0) is 13.1 Å². The first kappa shape index (κ1) is 15.5. The van der Waals surface area contributed by atoms with Gasteiger partial charge in [0.1, 0.15) is 6.04 Å². The Balaban J connectivity index is 1.62. The molecule has 1 aromatic carbocycles. The van der Waals surface area contributed by atoms with Crippen LogP contribution in [0, 0.1) is 0 Å². The molecule has 0 radical (unpaired) electrons. The number of piperazine rings is 1. The lowest BCUT2D eigenvalue weighted by atomic mass is 10.1. The first-order valence-corrected chi connectivity index (χ1v) is 7.74. The van der Waals surface area contributed by atoms with Crippen LogP contribution >= 0.6 is 0 Å². The number of rotatable bonds is 4. The summed E-state index contributed by atoms with van der Waals surface area (Å²) in [7, 11) is 1.85. The zero-order valence-corrected chi connectivity index (χ0v) is 13.2. The molecule has 7 nitrogen and oxygen atoms in total. The molecule has 2 aromatic rings. The number of aryl methyl sites for hydroxylation is 1. The Hall–Kier alpha value is -2.41. The second-order valence-electron chi connectivity index (χ2n) is 5.92. The molecule has 0 unspecified atom stereocenters. The van der Waals surface area contributed by atoms with Crippen molar-refractivity contribution in [1.29, 1.82) is 0 Å². The summed E-state index contributed by atoms with van der Waals surface area (Å²) >= 11 is 0. The number of nitrogens with two attached hydrogens (primary N) is 1. The second kappa shape index (κ2) is 6.37. The van der Waals surface area contributed by atoms with E-state index in [-0.39, 0.29) is 11.8 Å². The molecule has 3 rings (SSSR count). The number of carbonyl (C=O) groups excluding carboxylic acids is 2. The van der Waals surface area contributed by atoms with Crippen LogP contribution < -0.4 is 5.73 Å². The van der Waals surface area contributed by atoms with Crippen molar-refractivity contribution in [3.63, 3.8) is 0 Å². The standard InChI is InChI=1S/C16H21N5O2/c1-19-8-9-20(11-14(19)16(17)23)15(22)6-7-21-13-5-3-2-4-12(13)10-18-21/h2-5,10,14H,6-9,11H2,1H3,(H2,17,23)/t14-/m1/s1. The van der Waals surface area contributed by atoms with Crippen LogP contribution in [0.25, 0.3) is 10.9 Å². The van der Waals surface area contributed by atoms with Crippen molar-refractivity contribution < 1.29 is 9.59 Å². The molecule has 1 fully saturated rings. The lowest BCUT2D eigenvalue weighted by molar-refractivity contribution is -0.136. The Morgan fingerprint density at radius 3 is 2.87 bits per heavy atom. The predicted molar refractivity (Wildman–Crippen MR) is 86.5 cm³/mol. The molecule has 2 heterocycles. The maximum absolute atomic E-state index is 12.4. The van der Waals surface area contributed by atoms with E-state index in [2.05, 4.69) is 5.10 Å². The van der Waals surface area contributed by atoms with Crippen molar-refractivity contribution in [1.82, 2.24) is 19.6 Å². The van der Waals surface area contributed by atoms with E-state index in [4.69, 9.17) is 5.73 Å². The van der Waals surface area contributed by atoms with Crippen LogP contribution in [0.3, 0.4) is 0 Å². The Bertz CT molecular complexity index is 726. The molecule has 0 aliphatic carbocycles. The predicted octanol–water partition coefficient (Wildman–Crippen LogP) is 0.0543. The van der Waals surface area contributed by atoms with Gasteiger partial charge in [0.05, 0.1) is 18.3 Å². The first-order valence-electron chi connectivity index (χ1n) is 7.74. The quantitative estimate of drug-likeness (QED) is 0.864. The highest BCUT2D eigenvalue weighted by atomic mass is 16.2. The molecule has 0 spiro atoms. The first-order chi connectivity index (χ1) is 11.1. The maximum atomic E-state index is 12.4. The summed E-state index contributed by atoms with van der Waals surface area (Å²) in [4.78, 5) is 27.5. The number of para-hydroxylation sites is 1. The van der Waals surface area contributed by atoms with Crippen LogP contribution in [-0.2, 0) is 16.1 Å². The largest absolute Gasteiger partial charge is 0.368 e. The molecule has 1 saturated heterocycles. The minimum Gasteiger partial charge on any atom is -0.368 e. The van der Waals surface area contributed by atoms with Crippen LogP contribution in [0.1, 0.15) is 6.42 Å². The van der Waals surface area contributed by atoms with Crippen LogP contribution in [0.15, 0.2) is 30.5 Å². The fraction of sp³-hybridized carbons (Fsp3) is 0.438. The molecule has 23 heavy (non-hydrogen) atoms. The van der Waals surface area contributed by atoms with E-state index in [1.807, 2.05) is 40.9 Å². The van der Waals surface area contributed by atoms with Gasteiger partial charge < -0.3 is 10.6 Å². The van der Waals surface area contributed by atoms with Crippen molar-refractivity contribution in [2.24, 2.45) is 5.73 Å². The van der Waals surface area contributed by atoms with E-state index < -0.39 is 6.04 Å². The van der Waals surface area contributed by atoms with Gasteiger partial charge in [-0.25, -0.2) is 0 Å². The summed E-state index contributed by atoms with van der Waals surface area (Å²) in [6.07, 6.45) is 2.17. The average Bonchev–Trinajstić information content (AvgIpc) is 2.96. The molecule has 1 aliphatic heterocycles. The highest BCUT2D eigenvalue weighted by Gasteiger charge is 2.30. The number of carbonyl (C=O) groups is 2. The summed E-state index contributed by atoms with van der Waals surface area (Å²) in [6.45, 7) is 2.17. The third-order valence-electron chi connectivity index (χ3n) is 4.42. The highest BCUT2D eigenvalue weighted by Crippen LogP contribution is 2.14. The molecule has 0 bridgehead atoms. The molecule has 1 atom stereocenters. The minimum atomic E-state index is -0.404. The number of primary amides is 1. The molecule has 7 heteroatoms. The zero-order chi connectivity index (χ0) is 16.4. The minimum absolute atomic E-state index is 0.0314. The number of likely N-dealkylation sites (N-methyl/N-ethyl adjacent to an activating group) is 1. The zero-order valence-electron chi connectivity index (χ0n) is 13.2. The van der Waals surface area contributed by atoms with Crippen molar-refractivity contribution in [2.75, 3.05) is 26.7 Å². The number of benzene rings is 1. The molecule has 0 saturated carbocycles. The average molecular weight is 315 g/mol. The number of amides is 2. The molecule has 2 amide bonds. The lowest BCUT2D eigenvalue weighted by Crippen LogP contribution is -2.57. The van der Waals surface area contributed by atoms with E-state index in [9.17, 15) is 9.59 Å². The third-order valence-corrected chi connectivity index (χ3v) is 4.42. The number of aromatic nitrogens is 2. The normalized spacial score (nSPS) is 19.2. The fourth-order valence-electron chi connectivity index (χ4n) is 2.97. The smallest absolute Gasteiger partial charge is 0.236 e. The fourth-order valence-corrected chi connectivity index (χ4v) is 2.97. The van der Waals surface area contributed by atoms with Crippen molar-refractivity contribution in [2.45, 2.75) is 19.0 Å². The highest BCUT2D eigenvalue weighted by molar-refractivity contribution is 5.82. The monoisotopic (exact) mass is 315 g/mol. The Labute approximate surface area is 134 Å². The molecule has 1 aliphatic rings. The SMILES string of the molecule is CN1CCN(C(=O)CCn2ncc3ccccc32)C[C@@H]1C(N)=O. The summed E-state index contributed by atoms with van der Waals surface area (Å²) in [6, 6.07) is 7.51. The van der Waals surface area contributed by atoms with Crippen LogP contribution in [-0.4, -0.2) is 64.1 Å². The van der Waals surface area contributed by atoms with Crippen molar-refractivity contribution in [3.05, 3.63) is 30.5 Å². The van der Waals surface area contributed by atoms with Crippen LogP contribution in [0.2, 0.25) is 0 Å². The number of fused-ring (bicyclic) bond motifs is 1. The van der Waals surface area contributed by atoms with Gasteiger partial charge in [-0.2, -0.15) is 5.10 Å². The topological polar surface area (TPSA) is 84.5 Å². The van der Waals surface area contributed by atoms with E-state index in [0.717, 1.165) is 10.9 Å². The van der Waals surface area contributed by atoms with Gasteiger partial charge in [-0.15, -0.1) is 0 Å². The van der Waals surface area contributed by atoms with Gasteiger partial charge in [-0.3, -0.25) is 19.2 Å².